The molecule has 5 rings (SSSR count). The van der Waals surface area contributed by atoms with Crippen LogP contribution in [0.25, 0.3) is 5.70 Å². The molecule has 4 aromatic rings. The van der Waals surface area contributed by atoms with Gasteiger partial charge in [-0.3, -0.25) is 9.69 Å². The Morgan fingerprint density at radius 3 is 2.47 bits per heavy atom. The van der Waals surface area contributed by atoms with Crippen molar-refractivity contribution >= 4 is 29.2 Å². The molecule has 0 bridgehead atoms. The van der Waals surface area contributed by atoms with E-state index in [1.807, 2.05) is 90.7 Å². The van der Waals surface area contributed by atoms with Gasteiger partial charge < -0.3 is 5.32 Å². The number of hydrogen-bond acceptors (Lipinski definition) is 5. The molecule has 1 aliphatic heterocycles. The van der Waals surface area contributed by atoms with Crippen LogP contribution in [-0.2, 0) is 11.3 Å². The highest BCUT2D eigenvalue weighted by molar-refractivity contribution is 6.30. The number of carbonyl (C=O) groups is 1. The highest BCUT2D eigenvalue weighted by Crippen LogP contribution is 2.36. The van der Waals surface area contributed by atoms with E-state index in [1.165, 1.54) is 5.56 Å². The lowest BCUT2D eigenvalue weighted by Crippen LogP contribution is -2.39. The van der Waals surface area contributed by atoms with Crippen molar-refractivity contribution < 1.29 is 4.79 Å². The number of nitrogens with one attached hydrogen (secondary N) is 1. The van der Waals surface area contributed by atoms with Crippen molar-refractivity contribution in [3.8, 4) is 0 Å². The third-order valence-electron chi connectivity index (χ3n) is 5.78. The molecule has 1 atom stereocenters. The highest BCUT2D eigenvalue weighted by atomic mass is 35.5. The molecule has 0 saturated carbocycles. The highest BCUT2D eigenvalue weighted by Gasteiger charge is 2.31. The van der Waals surface area contributed by atoms with E-state index in [0.717, 1.165) is 22.4 Å². The molecule has 0 saturated heterocycles. The number of aryl methyl sites for hydroxylation is 1. The SMILES string of the molecule is Cc1ccc(CNC(=O)CN2C(c3ccc(Cl)cc3)=C[C@H](c3ccccc3)n3nnnc32)cc1. The Balaban J connectivity index is 1.46. The number of anilines is 1. The van der Waals surface area contributed by atoms with Crippen molar-refractivity contribution in [2.24, 2.45) is 0 Å². The summed E-state index contributed by atoms with van der Waals surface area (Å²) >= 11 is 6.14. The van der Waals surface area contributed by atoms with Gasteiger partial charge in [-0.05, 0) is 52.2 Å². The van der Waals surface area contributed by atoms with Gasteiger partial charge in [-0.1, -0.05) is 89.0 Å². The van der Waals surface area contributed by atoms with Crippen LogP contribution in [0.5, 0.6) is 0 Å². The lowest BCUT2D eigenvalue weighted by atomic mass is 10.0. The van der Waals surface area contributed by atoms with Crippen LogP contribution in [0, 0.1) is 6.92 Å². The Labute approximate surface area is 202 Å². The van der Waals surface area contributed by atoms with E-state index in [1.54, 1.807) is 4.68 Å². The van der Waals surface area contributed by atoms with Crippen LogP contribution >= 0.6 is 11.6 Å². The maximum Gasteiger partial charge on any atom is 0.251 e. The molecule has 34 heavy (non-hydrogen) atoms. The molecule has 2 heterocycles. The normalized spacial score (nSPS) is 14.9. The first-order valence-corrected chi connectivity index (χ1v) is 11.4. The number of rotatable bonds is 6. The van der Waals surface area contributed by atoms with Gasteiger partial charge in [0.1, 0.15) is 12.6 Å². The molecular formula is C26H23ClN6O. The number of nitrogens with zero attached hydrogens (tertiary/aromatic N) is 5. The smallest absolute Gasteiger partial charge is 0.251 e. The van der Waals surface area contributed by atoms with Crippen LogP contribution in [0.4, 0.5) is 5.95 Å². The van der Waals surface area contributed by atoms with E-state index in [2.05, 4.69) is 26.9 Å². The van der Waals surface area contributed by atoms with Crippen molar-refractivity contribution in [3.63, 3.8) is 0 Å². The van der Waals surface area contributed by atoms with Gasteiger partial charge in [-0.2, -0.15) is 4.68 Å². The fourth-order valence-corrected chi connectivity index (χ4v) is 4.11. The Kier molecular flexibility index (Phi) is 6.10. The van der Waals surface area contributed by atoms with Gasteiger partial charge in [0.15, 0.2) is 0 Å². The molecule has 1 amide bonds. The fourth-order valence-electron chi connectivity index (χ4n) is 3.99. The van der Waals surface area contributed by atoms with Gasteiger partial charge >= 0.3 is 0 Å². The number of carbonyl (C=O) groups excluding carboxylic acids is 1. The van der Waals surface area contributed by atoms with Gasteiger partial charge in [-0.25, -0.2) is 0 Å². The van der Waals surface area contributed by atoms with Crippen molar-refractivity contribution in [1.29, 1.82) is 0 Å². The molecule has 7 nitrogen and oxygen atoms in total. The number of halogens is 1. The standard InChI is InChI=1S/C26H23ClN6O/c1-18-7-9-19(10-8-18)16-28-25(34)17-32-23(21-11-13-22(27)14-12-21)15-24(20-5-3-2-4-6-20)33-26(32)29-30-31-33/h2-15,24H,16-17H2,1H3,(H,28,34)/t24-/m1/s1. The number of tetrazole rings is 1. The summed E-state index contributed by atoms with van der Waals surface area (Å²) in [6.45, 7) is 2.56. The first-order chi connectivity index (χ1) is 16.6. The molecule has 0 radical (unpaired) electrons. The minimum Gasteiger partial charge on any atom is -0.350 e. The summed E-state index contributed by atoms with van der Waals surface area (Å²) in [7, 11) is 0. The Hall–Kier alpha value is -3.97. The van der Waals surface area contributed by atoms with Crippen LogP contribution in [0.15, 0.2) is 84.9 Å². The molecular weight excluding hydrogens is 448 g/mol. The van der Waals surface area contributed by atoms with Gasteiger partial charge in [0.25, 0.3) is 5.95 Å². The second-order valence-electron chi connectivity index (χ2n) is 8.19. The van der Waals surface area contributed by atoms with Crippen molar-refractivity contribution in [1.82, 2.24) is 25.5 Å². The zero-order valence-corrected chi connectivity index (χ0v) is 19.4. The number of amides is 1. The third-order valence-corrected chi connectivity index (χ3v) is 6.03. The van der Waals surface area contributed by atoms with Gasteiger partial charge in [-0.15, -0.1) is 0 Å². The van der Waals surface area contributed by atoms with E-state index in [4.69, 9.17) is 11.6 Å². The zero-order valence-electron chi connectivity index (χ0n) is 18.6. The lowest BCUT2D eigenvalue weighted by Gasteiger charge is -2.32. The minimum absolute atomic E-state index is 0.0716. The fraction of sp³-hybridized carbons (Fsp3) is 0.154. The van der Waals surface area contributed by atoms with Crippen molar-refractivity contribution in [2.45, 2.75) is 19.5 Å². The summed E-state index contributed by atoms with van der Waals surface area (Å²) in [6.07, 6.45) is 2.08. The lowest BCUT2D eigenvalue weighted by molar-refractivity contribution is -0.119. The summed E-state index contributed by atoms with van der Waals surface area (Å²) < 4.78 is 1.74. The predicted octanol–water partition coefficient (Wildman–Crippen LogP) is 4.40. The van der Waals surface area contributed by atoms with E-state index in [-0.39, 0.29) is 18.5 Å². The van der Waals surface area contributed by atoms with Crippen LogP contribution in [0.1, 0.15) is 28.3 Å². The first kappa shape index (κ1) is 21.9. The van der Waals surface area contributed by atoms with Crippen molar-refractivity contribution in [3.05, 3.63) is 112 Å². The number of benzene rings is 3. The van der Waals surface area contributed by atoms with E-state index >= 15 is 0 Å². The topological polar surface area (TPSA) is 75.9 Å². The van der Waals surface area contributed by atoms with Gasteiger partial charge in [0, 0.05) is 11.6 Å². The summed E-state index contributed by atoms with van der Waals surface area (Å²) in [4.78, 5) is 14.8. The first-order valence-electron chi connectivity index (χ1n) is 11.0. The largest absolute Gasteiger partial charge is 0.350 e. The van der Waals surface area contributed by atoms with Crippen LogP contribution < -0.4 is 10.2 Å². The number of fused-ring (bicyclic) bond motifs is 1. The average Bonchev–Trinajstić information content (AvgIpc) is 3.35. The van der Waals surface area contributed by atoms with E-state index < -0.39 is 0 Å². The second kappa shape index (κ2) is 9.49. The Morgan fingerprint density at radius 1 is 1.00 bits per heavy atom. The molecule has 1 N–H and O–H groups in total. The van der Waals surface area contributed by atoms with Crippen molar-refractivity contribution in [2.75, 3.05) is 11.4 Å². The number of allylic oxidation sites excluding steroid dienone is 1. The minimum atomic E-state index is -0.205. The van der Waals surface area contributed by atoms with Crippen LogP contribution in [0.2, 0.25) is 5.02 Å². The van der Waals surface area contributed by atoms with E-state index in [0.29, 0.717) is 17.5 Å². The average molecular weight is 471 g/mol. The Bertz CT molecular complexity index is 1320. The molecule has 3 aromatic carbocycles. The number of aromatic nitrogens is 4. The molecule has 0 fully saturated rings. The summed E-state index contributed by atoms with van der Waals surface area (Å²) in [5.41, 5.74) is 5.04. The maximum absolute atomic E-state index is 13.0. The Morgan fingerprint density at radius 2 is 1.74 bits per heavy atom. The predicted molar refractivity (Wildman–Crippen MR) is 132 cm³/mol. The summed E-state index contributed by atoms with van der Waals surface area (Å²) in [6, 6.07) is 25.5. The van der Waals surface area contributed by atoms with Crippen LogP contribution in [-0.4, -0.2) is 32.7 Å². The summed E-state index contributed by atoms with van der Waals surface area (Å²) in [5, 5.41) is 16.1. The molecule has 0 unspecified atom stereocenters. The quantitative estimate of drug-likeness (QED) is 0.452. The van der Waals surface area contributed by atoms with E-state index in [9.17, 15) is 4.79 Å². The van der Waals surface area contributed by atoms with Gasteiger partial charge in [0.2, 0.25) is 5.91 Å². The molecule has 8 heteroatoms. The molecule has 0 aliphatic carbocycles. The van der Waals surface area contributed by atoms with Gasteiger partial charge in [0.05, 0.1) is 5.70 Å². The number of hydrogen-bond donors (Lipinski definition) is 1. The monoisotopic (exact) mass is 470 g/mol. The molecule has 0 spiro atoms. The molecule has 1 aliphatic rings. The second-order valence-corrected chi connectivity index (χ2v) is 8.62. The molecule has 170 valence electrons. The third kappa shape index (κ3) is 4.56. The zero-order chi connectivity index (χ0) is 23.5. The van der Waals surface area contributed by atoms with Crippen LogP contribution in [0.3, 0.4) is 0 Å². The molecule has 1 aromatic heterocycles. The summed E-state index contributed by atoms with van der Waals surface area (Å²) in [5.74, 6) is 0.375. The maximum atomic E-state index is 13.0.